The van der Waals surface area contributed by atoms with Crippen LogP contribution in [0.5, 0.6) is 5.75 Å². The standard InChI is InChI=1S/C18H18N2O3/c19-17-12-16(21)10-9-15(17)8-4-5-11-20-18(22)23-13-14-6-2-1-3-7-14/h1-3,6-7,9-10,12,21H,5,11,13,19H2,(H,20,22). The van der Waals surface area contributed by atoms with Crippen molar-refractivity contribution >= 4 is 11.8 Å². The second kappa shape index (κ2) is 8.35. The minimum absolute atomic E-state index is 0.107. The molecule has 0 aromatic heterocycles. The molecule has 2 aromatic carbocycles. The van der Waals surface area contributed by atoms with Crippen LogP contribution in [-0.4, -0.2) is 17.7 Å². The smallest absolute Gasteiger partial charge is 0.407 e. The average molecular weight is 310 g/mol. The van der Waals surface area contributed by atoms with E-state index in [4.69, 9.17) is 10.5 Å². The molecule has 1 amide bonds. The topological polar surface area (TPSA) is 84.6 Å². The molecule has 0 aliphatic heterocycles. The summed E-state index contributed by atoms with van der Waals surface area (Å²) in [5.41, 5.74) is 7.73. The Hall–Kier alpha value is -3.13. The first-order chi connectivity index (χ1) is 11.1. The van der Waals surface area contributed by atoms with Gasteiger partial charge in [-0.2, -0.15) is 0 Å². The largest absolute Gasteiger partial charge is 0.508 e. The Morgan fingerprint density at radius 1 is 1.22 bits per heavy atom. The number of carbonyl (C=O) groups excluding carboxylic acids is 1. The van der Waals surface area contributed by atoms with E-state index in [9.17, 15) is 9.90 Å². The molecule has 2 rings (SSSR count). The molecular weight excluding hydrogens is 292 g/mol. The van der Waals surface area contributed by atoms with Crippen LogP contribution in [0.15, 0.2) is 48.5 Å². The molecule has 0 saturated heterocycles. The molecule has 118 valence electrons. The third kappa shape index (κ3) is 5.64. The Morgan fingerprint density at radius 2 is 2.00 bits per heavy atom. The Bertz CT molecular complexity index is 718. The Balaban J connectivity index is 1.69. The number of alkyl carbamates (subject to hydrolysis) is 1. The zero-order chi connectivity index (χ0) is 16.5. The van der Waals surface area contributed by atoms with Gasteiger partial charge in [0.1, 0.15) is 12.4 Å². The lowest BCUT2D eigenvalue weighted by atomic mass is 10.2. The Morgan fingerprint density at radius 3 is 2.74 bits per heavy atom. The maximum Gasteiger partial charge on any atom is 0.407 e. The summed E-state index contributed by atoms with van der Waals surface area (Å²) in [6.07, 6.45) is 0.000563. The van der Waals surface area contributed by atoms with Crippen LogP contribution in [0.1, 0.15) is 17.5 Å². The lowest BCUT2D eigenvalue weighted by molar-refractivity contribution is 0.140. The molecule has 0 unspecified atom stereocenters. The van der Waals surface area contributed by atoms with Gasteiger partial charge in [-0.05, 0) is 17.7 Å². The summed E-state index contributed by atoms with van der Waals surface area (Å²) in [6, 6.07) is 14.1. The maximum absolute atomic E-state index is 11.5. The lowest BCUT2D eigenvalue weighted by Crippen LogP contribution is -2.24. The van der Waals surface area contributed by atoms with Crippen LogP contribution in [-0.2, 0) is 11.3 Å². The van der Waals surface area contributed by atoms with Crippen LogP contribution in [0.2, 0.25) is 0 Å². The second-order valence-corrected chi connectivity index (χ2v) is 4.81. The van der Waals surface area contributed by atoms with Gasteiger partial charge in [-0.15, -0.1) is 0 Å². The van der Waals surface area contributed by atoms with Gasteiger partial charge in [0.2, 0.25) is 0 Å². The minimum atomic E-state index is -0.472. The van der Waals surface area contributed by atoms with Gasteiger partial charge in [-0.25, -0.2) is 4.79 Å². The van der Waals surface area contributed by atoms with Crippen LogP contribution < -0.4 is 11.1 Å². The number of ether oxygens (including phenoxy) is 1. The third-order valence-corrected chi connectivity index (χ3v) is 2.99. The number of hydrogen-bond donors (Lipinski definition) is 3. The number of amides is 1. The summed E-state index contributed by atoms with van der Waals surface area (Å²) in [5.74, 6) is 5.91. The van der Waals surface area contributed by atoms with E-state index in [0.29, 0.717) is 24.2 Å². The summed E-state index contributed by atoms with van der Waals surface area (Å²) < 4.78 is 5.08. The minimum Gasteiger partial charge on any atom is -0.508 e. The molecule has 0 saturated carbocycles. The van der Waals surface area contributed by atoms with Gasteiger partial charge in [0.15, 0.2) is 0 Å². The monoisotopic (exact) mass is 310 g/mol. The average Bonchev–Trinajstić information content (AvgIpc) is 2.55. The molecule has 23 heavy (non-hydrogen) atoms. The van der Waals surface area contributed by atoms with E-state index in [-0.39, 0.29) is 12.4 Å². The second-order valence-electron chi connectivity index (χ2n) is 4.81. The zero-order valence-corrected chi connectivity index (χ0v) is 12.6. The molecule has 4 N–H and O–H groups in total. The van der Waals surface area contributed by atoms with Crippen LogP contribution in [0.3, 0.4) is 0 Å². The van der Waals surface area contributed by atoms with Gasteiger partial charge >= 0.3 is 6.09 Å². The van der Waals surface area contributed by atoms with E-state index < -0.39 is 6.09 Å². The van der Waals surface area contributed by atoms with E-state index >= 15 is 0 Å². The zero-order valence-electron chi connectivity index (χ0n) is 12.6. The van der Waals surface area contributed by atoms with Crippen molar-refractivity contribution in [1.29, 1.82) is 0 Å². The lowest BCUT2D eigenvalue weighted by Gasteiger charge is -2.05. The summed E-state index contributed by atoms with van der Waals surface area (Å²) in [7, 11) is 0. The van der Waals surface area contributed by atoms with Gasteiger partial charge in [-0.3, -0.25) is 0 Å². The molecule has 0 spiro atoms. The van der Waals surface area contributed by atoms with Gasteiger partial charge in [0, 0.05) is 24.6 Å². The SMILES string of the molecule is Nc1cc(O)ccc1C#CCCNC(=O)OCc1ccccc1. The quantitative estimate of drug-likeness (QED) is 0.460. The number of rotatable bonds is 4. The molecule has 5 heteroatoms. The number of aromatic hydroxyl groups is 1. The number of benzene rings is 2. The van der Waals surface area contributed by atoms with Crippen LogP contribution in [0, 0.1) is 11.8 Å². The van der Waals surface area contributed by atoms with Crippen molar-refractivity contribution in [2.45, 2.75) is 13.0 Å². The molecule has 0 atom stereocenters. The first-order valence-electron chi connectivity index (χ1n) is 7.17. The molecule has 2 aromatic rings. The molecule has 0 radical (unpaired) electrons. The fourth-order valence-corrected chi connectivity index (χ4v) is 1.82. The highest BCUT2D eigenvalue weighted by molar-refractivity contribution is 5.67. The third-order valence-electron chi connectivity index (χ3n) is 2.99. The highest BCUT2D eigenvalue weighted by Gasteiger charge is 2.01. The number of carbonyl (C=O) groups is 1. The Kier molecular flexibility index (Phi) is 5.89. The predicted molar refractivity (Wildman–Crippen MR) is 88.6 cm³/mol. The molecule has 0 heterocycles. The number of nitrogens with two attached hydrogens (primary N) is 1. The fraction of sp³-hybridized carbons (Fsp3) is 0.167. The Labute approximate surface area is 135 Å². The first kappa shape index (κ1) is 16.2. The number of hydrogen-bond acceptors (Lipinski definition) is 4. The highest BCUT2D eigenvalue weighted by atomic mass is 16.5. The first-order valence-corrected chi connectivity index (χ1v) is 7.17. The van der Waals surface area contributed by atoms with Crippen molar-refractivity contribution in [1.82, 2.24) is 5.32 Å². The van der Waals surface area contributed by atoms with Crippen LogP contribution >= 0.6 is 0 Å². The number of anilines is 1. The van der Waals surface area contributed by atoms with Gasteiger partial charge in [-0.1, -0.05) is 42.2 Å². The molecular formula is C18H18N2O3. The molecule has 0 fully saturated rings. The molecule has 0 aliphatic rings. The van der Waals surface area contributed by atoms with Crippen molar-refractivity contribution in [2.75, 3.05) is 12.3 Å². The molecule has 0 bridgehead atoms. The molecule has 0 aliphatic carbocycles. The van der Waals surface area contributed by atoms with E-state index in [1.807, 2.05) is 30.3 Å². The van der Waals surface area contributed by atoms with Gasteiger partial charge < -0.3 is 20.9 Å². The van der Waals surface area contributed by atoms with Crippen molar-refractivity contribution < 1.29 is 14.6 Å². The van der Waals surface area contributed by atoms with E-state index in [2.05, 4.69) is 17.2 Å². The fourth-order valence-electron chi connectivity index (χ4n) is 1.82. The highest BCUT2D eigenvalue weighted by Crippen LogP contribution is 2.17. The van der Waals surface area contributed by atoms with Gasteiger partial charge in [0.25, 0.3) is 0 Å². The summed E-state index contributed by atoms with van der Waals surface area (Å²) in [4.78, 5) is 11.5. The molecule has 5 nitrogen and oxygen atoms in total. The van der Waals surface area contributed by atoms with E-state index in [1.165, 1.54) is 12.1 Å². The van der Waals surface area contributed by atoms with Crippen molar-refractivity contribution in [3.8, 4) is 17.6 Å². The van der Waals surface area contributed by atoms with Crippen molar-refractivity contribution in [3.63, 3.8) is 0 Å². The van der Waals surface area contributed by atoms with Crippen molar-refractivity contribution in [2.24, 2.45) is 0 Å². The summed E-state index contributed by atoms with van der Waals surface area (Å²) >= 11 is 0. The number of phenolic OH excluding ortho intramolecular Hbond substituents is 1. The van der Waals surface area contributed by atoms with Gasteiger partial charge in [0.05, 0.1) is 5.69 Å². The number of nitrogens with one attached hydrogen (secondary N) is 1. The number of nitrogen functional groups attached to an aromatic ring is 1. The summed E-state index contributed by atoms with van der Waals surface area (Å²) in [5, 5.41) is 11.9. The van der Waals surface area contributed by atoms with E-state index in [0.717, 1.165) is 5.56 Å². The van der Waals surface area contributed by atoms with Crippen LogP contribution in [0.25, 0.3) is 0 Å². The van der Waals surface area contributed by atoms with E-state index in [1.54, 1.807) is 6.07 Å². The normalized spacial score (nSPS) is 9.57. The number of phenols is 1. The maximum atomic E-state index is 11.5. The predicted octanol–water partition coefficient (Wildman–Crippen LogP) is 2.64. The van der Waals surface area contributed by atoms with Crippen molar-refractivity contribution in [3.05, 3.63) is 59.7 Å². The summed E-state index contributed by atoms with van der Waals surface area (Å²) in [6.45, 7) is 0.626. The van der Waals surface area contributed by atoms with Crippen LogP contribution in [0.4, 0.5) is 10.5 Å².